The number of aryl methyl sites for hydroxylation is 8. The normalized spacial score (nSPS) is 23.8. The number of benzene rings is 12. The number of aliphatic hydroxyl groups is 2. The largest absolute Gasteiger partial charge is 0.454 e. The Morgan fingerprint density at radius 3 is 0.872 bits per heavy atom. The van der Waals surface area contributed by atoms with Gasteiger partial charge >= 0.3 is 0 Å². The van der Waals surface area contributed by atoms with E-state index >= 15 is 0 Å². The molecule has 0 radical (unpaired) electrons. The highest BCUT2D eigenvalue weighted by Gasteiger charge is 2.55. The summed E-state index contributed by atoms with van der Waals surface area (Å²) in [6, 6.07) is 88.9. The second-order valence-corrected chi connectivity index (χ2v) is 48.4. The lowest BCUT2D eigenvalue weighted by Gasteiger charge is -2.57. The van der Waals surface area contributed by atoms with Gasteiger partial charge in [0, 0.05) is 152 Å². The molecule has 28 heteroatoms. The van der Waals surface area contributed by atoms with Crippen LogP contribution in [0.15, 0.2) is 311 Å². The van der Waals surface area contributed by atoms with Gasteiger partial charge in [-0.05, 0) is 254 Å². The van der Waals surface area contributed by atoms with Gasteiger partial charge in [0.2, 0.25) is 53.7 Å². The van der Waals surface area contributed by atoms with Gasteiger partial charge in [-0.2, -0.15) is 17.2 Å². The summed E-state index contributed by atoms with van der Waals surface area (Å²) in [4.78, 5) is 10.9. The van der Waals surface area contributed by atoms with Gasteiger partial charge in [0.1, 0.15) is 0 Å². The van der Waals surface area contributed by atoms with Crippen LogP contribution in [0.25, 0.3) is 44.5 Å². The van der Waals surface area contributed by atoms with Gasteiger partial charge in [0.25, 0.3) is 0 Å². The van der Waals surface area contributed by atoms with Gasteiger partial charge < -0.3 is 38.6 Å². The van der Waals surface area contributed by atoms with E-state index in [0.29, 0.717) is 91.7 Å². The van der Waals surface area contributed by atoms with E-state index in [4.69, 9.17) is 28.4 Å². The van der Waals surface area contributed by atoms with E-state index in [1.54, 1.807) is 73.9 Å². The topological polar surface area (TPSA) is 258 Å². The van der Waals surface area contributed by atoms with Crippen molar-refractivity contribution in [1.29, 1.82) is 0 Å². The molecule has 776 valence electrons. The molecule has 12 aromatic carbocycles. The van der Waals surface area contributed by atoms with Gasteiger partial charge in [0.15, 0.2) is 23.0 Å². The Morgan fingerprint density at radius 1 is 0.270 bits per heavy atom. The van der Waals surface area contributed by atoms with Crippen LogP contribution in [0.2, 0.25) is 0 Å². The van der Waals surface area contributed by atoms with Crippen molar-refractivity contribution < 1.29 is 72.3 Å². The van der Waals surface area contributed by atoms with Crippen LogP contribution in [0, 0.1) is 55.4 Å². The zero-order valence-corrected chi connectivity index (χ0v) is 89.3. The second-order valence-electron chi connectivity index (χ2n) is 40.8. The molecule has 6 fully saturated rings. The maximum atomic E-state index is 13.7. The summed E-state index contributed by atoms with van der Waals surface area (Å²) in [5.41, 5.74) is 22.0. The molecule has 0 aliphatic carbocycles. The lowest BCUT2D eigenvalue weighted by molar-refractivity contribution is -0.0635. The molecular formula is C120H136N8O16S4. The Morgan fingerprint density at radius 2 is 0.534 bits per heavy atom. The van der Waals surface area contributed by atoms with Crippen LogP contribution in [-0.2, 0) is 49.6 Å². The second kappa shape index (κ2) is 45.4. The first-order chi connectivity index (χ1) is 71.6. The number of nitrogens with zero attached hydrogens (tertiary/aromatic N) is 8. The van der Waals surface area contributed by atoms with E-state index in [-0.39, 0.29) is 98.8 Å². The molecular weight excluding hydrogens is 1940 g/mol. The molecule has 2 N–H and O–H groups in total. The van der Waals surface area contributed by atoms with Gasteiger partial charge in [-0.3, -0.25) is 19.6 Å². The minimum Gasteiger partial charge on any atom is -0.454 e. The van der Waals surface area contributed by atoms with Crippen LogP contribution in [0.3, 0.4) is 0 Å². The van der Waals surface area contributed by atoms with Crippen LogP contribution in [-0.4, -0.2) is 262 Å². The van der Waals surface area contributed by atoms with Crippen LogP contribution in [0.1, 0.15) is 116 Å². The Balaban J connectivity index is 0.000000124. The predicted molar refractivity (Wildman–Crippen MR) is 581 cm³/mol. The molecule has 0 aromatic heterocycles. The van der Waals surface area contributed by atoms with Gasteiger partial charge in [0.05, 0.1) is 46.0 Å². The SMILES string of the molecule is COC[C@@H]1[C@@H](c2ccc(-c3ccc(C)c(C)c3)cc2)[C@@H]2CN(S(=O)(=O)c3ccccc3C)CCCCN12.COC[C@@H]1[C@@H](c2ccc(-c3ccc4c(c3)OCO4)cc2)[C@@H]2CN(S(=O)(=O)c3ccccc3C)C/C=C\CN12.Cc1ccc(-c2ccc([C@@H]3[C@@H](CO)N4CCCCN(S(=O)(=O)c5ccccc5C)C[C@@H]34)cc2)cc1C.Cc1ccccc1S(=O)(=O)N1C/C=C\CN2[C@H](CO)[C@@H](c3ccc(-c4ccc5c(c4)OCO5)cc3)[C@@H]2C1. The third-order valence-corrected chi connectivity index (χ3v) is 40.2. The molecule has 0 unspecified atom stereocenters. The third-order valence-electron chi connectivity index (χ3n) is 32.2. The molecule has 6 saturated heterocycles. The quantitative estimate of drug-likeness (QED) is 0.0598. The lowest BCUT2D eigenvalue weighted by Crippen LogP contribution is -2.68. The van der Waals surface area contributed by atoms with Crippen molar-refractivity contribution in [3.8, 4) is 67.5 Å². The average Bonchev–Trinajstić information content (AvgIpc) is 0.841. The summed E-state index contributed by atoms with van der Waals surface area (Å²) in [7, 11) is -11.0. The lowest BCUT2D eigenvalue weighted by atomic mass is 9.74. The molecule has 12 atom stereocenters. The van der Waals surface area contributed by atoms with Crippen molar-refractivity contribution in [3.63, 3.8) is 0 Å². The van der Waals surface area contributed by atoms with Gasteiger partial charge in [-0.25, -0.2) is 33.7 Å². The summed E-state index contributed by atoms with van der Waals surface area (Å²) in [6.07, 6.45) is 11.5. The van der Waals surface area contributed by atoms with Crippen LogP contribution >= 0.6 is 0 Å². The van der Waals surface area contributed by atoms with Crippen molar-refractivity contribution in [1.82, 2.24) is 36.8 Å². The summed E-state index contributed by atoms with van der Waals surface area (Å²) >= 11 is 0. The van der Waals surface area contributed by atoms with Gasteiger partial charge in [-0.15, -0.1) is 0 Å². The highest BCUT2D eigenvalue weighted by atomic mass is 32.2. The number of hydrogen-bond acceptors (Lipinski definition) is 20. The van der Waals surface area contributed by atoms with E-state index in [1.807, 2.05) is 137 Å². The molecule has 10 heterocycles. The van der Waals surface area contributed by atoms with Crippen LogP contribution in [0.5, 0.6) is 23.0 Å². The smallest absolute Gasteiger partial charge is 0.243 e. The summed E-state index contributed by atoms with van der Waals surface area (Å²) in [6.45, 7) is 24.6. The summed E-state index contributed by atoms with van der Waals surface area (Å²) in [5, 5.41) is 20.5. The molecule has 0 spiro atoms. The minimum absolute atomic E-state index is 0.0172. The fourth-order valence-electron chi connectivity index (χ4n) is 23.7. The zero-order valence-electron chi connectivity index (χ0n) is 86.0. The minimum atomic E-state index is -3.66. The Bertz CT molecular complexity index is 7300. The number of rotatable bonds is 22. The monoisotopic (exact) mass is 2070 g/mol. The maximum Gasteiger partial charge on any atom is 0.243 e. The molecule has 10 aliphatic heterocycles. The Labute approximate surface area is 874 Å². The number of hydrogen-bond donors (Lipinski definition) is 2. The van der Waals surface area contributed by atoms with Crippen LogP contribution < -0.4 is 18.9 Å². The molecule has 12 aromatic rings. The fraction of sp³-hybridized carbons (Fsp3) is 0.367. The highest BCUT2D eigenvalue weighted by molar-refractivity contribution is 7.90. The number of fused-ring (bicyclic) bond motifs is 6. The van der Waals surface area contributed by atoms with E-state index in [9.17, 15) is 43.9 Å². The molecule has 0 bridgehead atoms. The molecule has 0 amide bonds. The Hall–Kier alpha value is -11.4. The maximum absolute atomic E-state index is 13.7. The van der Waals surface area contributed by atoms with E-state index < -0.39 is 40.1 Å². The van der Waals surface area contributed by atoms with Crippen molar-refractivity contribution in [2.24, 2.45) is 0 Å². The van der Waals surface area contributed by atoms with E-state index in [1.165, 1.54) is 55.6 Å². The van der Waals surface area contributed by atoms with Crippen molar-refractivity contribution in [2.45, 2.75) is 173 Å². The Kier molecular flexibility index (Phi) is 32.3. The van der Waals surface area contributed by atoms with Crippen molar-refractivity contribution in [2.75, 3.05) is 133 Å². The highest BCUT2D eigenvalue weighted by Crippen LogP contribution is 2.50. The third kappa shape index (κ3) is 21.5. The van der Waals surface area contributed by atoms with E-state index in [2.05, 4.69) is 187 Å². The van der Waals surface area contributed by atoms with E-state index in [0.717, 1.165) is 124 Å². The van der Waals surface area contributed by atoms with Crippen molar-refractivity contribution >= 4 is 40.1 Å². The fourth-order valence-corrected chi connectivity index (χ4v) is 30.5. The first-order valence-corrected chi connectivity index (χ1v) is 57.4. The summed E-state index contributed by atoms with van der Waals surface area (Å²) in [5.74, 6) is 3.53. The molecule has 24 nitrogen and oxygen atoms in total. The predicted octanol–water partition coefficient (Wildman–Crippen LogP) is 18.7. The van der Waals surface area contributed by atoms with Crippen molar-refractivity contribution in [3.05, 3.63) is 358 Å². The van der Waals surface area contributed by atoms with Gasteiger partial charge in [-0.1, -0.05) is 243 Å². The molecule has 148 heavy (non-hydrogen) atoms. The number of methoxy groups -OCH3 is 2. The molecule has 22 rings (SSSR count). The average molecular weight is 2070 g/mol. The molecule has 0 saturated carbocycles. The number of aliphatic hydroxyl groups excluding tert-OH is 2. The standard InChI is InChI=1S/C31H38N2O3S.C30H32N2O5S.C30H36N2O3S.C29H30N2O5S/c1-22-11-12-27(19-24(22)3)25-13-15-26(16-14-25)31-28-20-32(17-7-8-18-33(28)29(31)21-36-4)37(34,35)30-10-6-5-9-23(30)2;1-21-7-3-4-8-29(21)38(33,34)31-15-5-6-16-32-25(18-31)30(26(32)19-35-2)23-11-9-22(10-12-23)24-13-14-27-28(17-24)37-20-36-27;1-21-10-11-26(18-23(21)3)24-12-14-25(15-13-24)30-27-19-31(16-6-7-17-32(27)28(30)20-33)36(34,35)29-9-5-4-8-22(29)2;1-20-6-2-3-7-28(20)37(33,34)30-14-4-5-15-31-24(17-30)29(25(31)18-32)22-10-8-21(9-11-22)23-12-13-26-27(16-23)36-19-35-26/h5-6,9-16,19,28-29,31H,7-8,17-18,20-21H2,1-4H3;3-14,17,25-26,30H,15-16,18-20H2,1-2H3;4-5,8-15,18,27-28,30,33H,6-7,16-17,19-20H2,1-3H3;2-13,16,24-25,29,32H,14-15,17-19H2,1H3/b;6-5-;;5-4-/t28-,29+,31-;25-,26+,30-;27-,28+,30-;24-,25+,29-/m0000/s1. The number of sulfonamides is 4. The number of ether oxygens (including phenoxy) is 6. The first kappa shape index (κ1) is 105. The zero-order chi connectivity index (χ0) is 103. The van der Waals surface area contributed by atoms with Crippen LogP contribution in [0.4, 0.5) is 0 Å². The first-order valence-electron chi connectivity index (χ1n) is 51.7. The summed E-state index contributed by atoms with van der Waals surface area (Å²) < 4.78 is 149. The molecule has 10 aliphatic rings.